The van der Waals surface area contributed by atoms with Crippen molar-refractivity contribution in [3.05, 3.63) is 79.8 Å². The van der Waals surface area contributed by atoms with Gasteiger partial charge in [-0.2, -0.15) is 4.68 Å². The van der Waals surface area contributed by atoms with Crippen LogP contribution in [0.4, 0.5) is 5.69 Å². The summed E-state index contributed by atoms with van der Waals surface area (Å²) >= 11 is 11.6. The second kappa shape index (κ2) is 11.9. The van der Waals surface area contributed by atoms with E-state index < -0.39 is 16.7 Å². The number of carbonyl (C=O) groups excluding carboxylic acids is 2. The number of hydrogen-bond acceptors (Lipinski definition) is 7. The Morgan fingerprint density at radius 2 is 1.94 bits per heavy atom. The minimum absolute atomic E-state index is 0.193. The summed E-state index contributed by atoms with van der Waals surface area (Å²) in [6.45, 7) is 1.53. The Morgan fingerprint density at radius 3 is 2.67 bits per heavy atom. The third kappa shape index (κ3) is 6.28. The van der Waals surface area contributed by atoms with E-state index in [0.717, 1.165) is 16.4 Å². The Morgan fingerprint density at radius 1 is 1.19 bits per heavy atom. The first-order chi connectivity index (χ1) is 17.4. The van der Waals surface area contributed by atoms with E-state index in [2.05, 4.69) is 31.7 Å². The predicted molar refractivity (Wildman–Crippen MR) is 148 cm³/mol. The molecule has 0 unspecified atom stereocenters. The maximum absolute atomic E-state index is 13.2. The number of thiophene rings is 1. The number of thioether (sulfide) groups is 1. The van der Waals surface area contributed by atoms with E-state index >= 15 is 0 Å². The molecular formula is C24H20BrClN4O4S2. The number of nitrogens with one attached hydrogen (secondary N) is 2. The highest BCUT2D eigenvalue weighted by molar-refractivity contribution is 9.10. The Balaban J connectivity index is 1.55. The fourth-order valence-corrected chi connectivity index (χ4v) is 5.39. The van der Waals surface area contributed by atoms with Gasteiger partial charge in [0, 0.05) is 10.7 Å². The van der Waals surface area contributed by atoms with Crippen LogP contribution in [0.25, 0.3) is 10.2 Å². The van der Waals surface area contributed by atoms with Crippen molar-refractivity contribution >= 4 is 78.3 Å². The second-order valence-electron chi connectivity index (χ2n) is 7.43. The number of rotatable bonds is 9. The van der Waals surface area contributed by atoms with Crippen LogP contribution in [0.15, 0.2) is 74.4 Å². The third-order valence-corrected chi connectivity index (χ3v) is 8.02. The van der Waals surface area contributed by atoms with Gasteiger partial charge >= 0.3 is 0 Å². The van der Waals surface area contributed by atoms with Gasteiger partial charge in [-0.05, 0) is 70.2 Å². The second-order valence-corrected chi connectivity index (χ2v) is 10.8. The summed E-state index contributed by atoms with van der Waals surface area (Å²) in [4.78, 5) is 43.4. The molecule has 4 aromatic rings. The molecule has 0 radical (unpaired) electrons. The van der Waals surface area contributed by atoms with E-state index in [1.807, 2.05) is 13.0 Å². The van der Waals surface area contributed by atoms with E-state index in [9.17, 15) is 14.4 Å². The van der Waals surface area contributed by atoms with Crippen molar-refractivity contribution in [2.75, 3.05) is 17.3 Å². The molecule has 4 rings (SSSR count). The van der Waals surface area contributed by atoms with Gasteiger partial charge in [-0.1, -0.05) is 42.4 Å². The number of halogens is 2. The van der Waals surface area contributed by atoms with Crippen LogP contribution in [-0.2, 0) is 9.59 Å². The minimum atomic E-state index is -0.580. The van der Waals surface area contributed by atoms with E-state index in [-0.39, 0.29) is 17.7 Å². The lowest BCUT2D eigenvalue weighted by molar-refractivity contribution is -0.119. The Kier molecular flexibility index (Phi) is 8.68. The summed E-state index contributed by atoms with van der Waals surface area (Å²) in [6.07, 6.45) is 0.459. The van der Waals surface area contributed by atoms with E-state index in [4.69, 9.17) is 16.3 Å². The lowest BCUT2D eigenvalue weighted by Gasteiger charge is -2.18. The van der Waals surface area contributed by atoms with E-state index in [1.165, 1.54) is 11.3 Å². The van der Waals surface area contributed by atoms with E-state index in [1.54, 1.807) is 53.9 Å². The van der Waals surface area contributed by atoms with Crippen LogP contribution >= 0.6 is 50.6 Å². The van der Waals surface area contributed by atoms with Crippen LogP contribution in [0.2, 0.25) is 5.02 Å². The van der Waals surface area contributed by atoms with Crippen LogP contribution in [0.3, 0.4) is 0 Å². The van der Waals surface area contributed by atoms with Gasteiger partial charge in [0.2, 0.25) is 5.91 Å². The van der Waals surface area contributed by atoms with Crippen LogP contribution in [0, 0.1) is 0 Å². The fraction of sp³-hybridized carbons (Fsp3) is 0.167. The van der Waals surface area contributed by atoms with Gasteiger partial charge in [0.15, 0.2) is 11.8 Å². The van der Waals surface area contributed by atoms with Crippen molar-refractivity contribution in [3.63, 3.8) is 0 Å². The summed E-state index contributed by atoms with van der Waals surface area (Å²) in [5.41, 5.74) is 3.24. The lowest BCUT2D eigenvalue weighted by Crippen LogP contribution is -2.37. The van der Waals surface area contributed by atoms with Gasteiger partial charge in [0.25, 0.3) is 11.5 Å². The molecule has 2 N–H and O–H groups in total. The average Bonchev–Trinajstić information content (AvgIpc) is 3.34. The predicted octanol–water partition coefficient (Wildman–Crippen LogP) is 5.53. The van der Waals surface area contributed by atoms with E-state index in [0.29, 0.717) is 37.6 Å². The molecular weight excluding hydrogens is 588 g/mol. The maximum Gasteiger partial charge on any atom is 0.291 e. The highest BCUT2D eigenvalue weighted by Crippen LogP contribution is 2.27. The third-order valence-electron chi connectivity index (χ3n) is 4.90. The molecule has 0 aliphatic rings. The van der Waals surface area contributed by atoms with Crippen molar-refractivity contribution in [2.45, 2.75) is 23.8 Å². The van der Waals surface area contributed by atoms with Gasteiger partial charge in [-0.15, -0.1) is 11.3 Å². The summed E-state index contributed by atoms with van der Waals surface area (Å²) in [7, 11) is 0. The van der Waals surface area contributed by atoms with Crippen molar-refractivity contribution in [2.24, 2.45) is 0 Å². The standard InChI is InChI=1S/C24H20BrClN4O4S2/c1-2-19(22(32)27-15-9-7-14(26)8-10-15)36-24-28-17-11-12-35-21(17)23(33)30(24)29-20(31)13-34-18-6-4-3-5-16(18)25/h3-12,19H,2,13H2,1H3,(H,27,32)(H,29,31)/t19-/m0/s1. The highest BCUT2D eigenvalue weighted by Gasteiger charge is 2.23. The maximum atomic E-state index is 13.2. The molecule has 0 aliphatic heterocycles. The Bertz CT molecular complexity index is 1460. The molecule has 0 saturated heterocycles. The molecule has 2 aromatic heterocycles. The zero-order chi connectivity index (χ0) is 25.7. The first kappa shape index (κ1) is 26.2. The molecule has 0 spiro atoms. The molecule has 186 valence electrons. The molecule has 2 aromatic carbocycles. The topological polar surface area (TPSA) is 102 Å². The van der Waals surface area contributed by atoms with Crippen molar-refractivity contribution < 1.29 is 14.3 Å². The van der Waals surface area contributed by atoms with Crippen molar-refractivity contribution in [3.8, 4) is 5.75 Å². The number of ether oxygens (including phenoxy) is 1. The van der Waals surface area contributed by atoms with Crippen molar-refractivity contribution in [1.82, 2.24) is 9.66 Å². The largest absolute Gasteiger partial charge is 0.483 e. The molecule has 36 heavy (non-hydrogen) atoms. The molecule has 2 heterocycles. The van der Waals surface area contributed by atoms with Crippen LogP contribution in [0.1, 0.15) is 13.3 Å². The SMILES string of the molecule is CC[C@H](Sc1nc2ccsc2c(=O)n1NC(=O)COc1ccccc1Br)C(=O)Nc1ccc(Cl)cc1. The molecule has 1 atom stereocenters. The Labute approximate surface area is 228 Å². The van der Waals surface area contributed by atoms with Gasteiger partial charge in [0.05, 0.1) is 15.2 Å². The summed E-state index contributed by atoms with van der Waals surface area (Å²) in [5.74, 6) is -0.322. The summed E-state index contributed by atoms with van der Waals surface area (Å²) in [5, 5.41) is 4.77. The quantitative estimate of drug-likeness (QED) is 0.192. The highest BCUT2D eigenvalue weighted by atomic mass is 79.9. The monoisotopic (exact) mass is 606 g/mol. The average molecular weight is 608 g/mol. The fourth-order valence-electron chi connectivity index (χ4n) is 3.14. The molecule has 12 heteroatoms. The number of aromatic nitrogens is 2. The molecule has 8 nitrogen and oxygen atoms in total. The summed E-state index contributed by atoms with van der Waals surface area (Å²) < 4.78 is 7.74. The van der Waals surface area contributed by atoms with Crippen LogP contribution < -0.4 is 21.0 Å². The van der Waals surface area contributed by atoms with Gasteiger partial charge in [-0.3, -0.25) is 19.8 Å². The molecule has 2 amide bonds. The number of fused-ring (bicyclic) bond motifs is 1. The van der Waals surface area contributed by atoms with Crippen LogP contribution in [-0.4, -0.2) is 33.3 Å². The number of para-hydroxylation sites is 1. The van der Waals surface area contributed by atoms with Gasteiger partial charge < -0.3 is 10.1 Å². The number of anilines is 1. The number of nitrogens with zero attached hydrogens (tertiary/aromatic N) is 2. The first-order valence-electron chi connectivity index (χ1n) is 10.8. The summed E-state index contributed by atoms with van der Waals surface area (Å²) in [6, 6.07) is 15.6. The lowest BCUT2D eigenvalue weighted by atomic mass is 10.3. The zero-order valence-corrected chi connectivity index (χ0v) is 22.8. The zero-order valence-electron chi connectivity index (χ0n) is 18.9. The number of carbonyl (C=O) groups is 2. The number of benzene rings is 2. The first-order valence-corrected chi connectivity index (χ1v) is 13.7. The van der Waals surface area contributed by atoms with Crippen molar-refractivity contribution in [1.29, 1.82) is 0 Å². The number of hydrogen-bond donors (Lipinski definition) is 2. The molecule has 0 bridgehead atoms. The molecule has 0 saturated carbocycles. The molecule has 0 aliphatic carbocycles. The normalized spacial score (nSPS) is 11.8. The number of amides is 2. The smallest absolute Gasteiger partial charge is 0.291 e. The minimum Gasteiger partial charge on any atom is -0.483 e. The Hall–Kier alpha value is -2.86. The van der Waals surface area contributed by atoms with Gasteiger partial charge in [-0.25, -0.2) is 4.98 Å². The molecule has 0 fully saturated rings. The van der Waals surface area contributed by atoms with Crippen LogP contribution in [0.5, 0.6) is 5.75 Å². The van der Waals surface area contributed by atoms with Gasteiger partial charge in [0.1, 0.15) is 10.4 Å².